The molecule has 1 atom stereocenters. The zero-order valence-corrected chi connectivity index (χ0v) is 13.3. The summed E-state index contributed by atoms with van der Waals surface area (Å²) in [7, 11) is 0. The summed E-state index contributed by atoms with van der Waals surface area (Å²) >= 11 is 0. The van der Waals surface area contributed by atoms with Crippen LogP contribution >= 0.6 is 0 Å². The fourth-order valence-electron chi connectivity index (χ4n) is 5.16. The van der Waals surface area contributed by atoms with Crippen LogP contribution in [0, 0.1) is 23.2 Å². The van der Waals surface area contributed by atoms with Crippen LogP contribution in [-0.4, -0.2) is 0 Å². The van der Waals surface area contributed by atoms with Crippen molar-refractivity contribution < 1.29 is 0 Å². The Labute approximate surface area is 121 Å². The van der Waals surface area contributed by atoms with Crippen molar-refractivity contribution in [3.8, 4) is 0 Å². The minimum atomic E-state index is 0.709. The first-order valence-electron chi connectivity index (χ1n) is 8.85. The van der Waals surface area contributed by atoms with Crippen molar-refractivity contribution in [1.82, 2.24) is 0 Å². The summed E-state index contributed by atoms with van der Waals surface area (Å²) in [5.41, 5.74) is 0.709. The van der Waals surface area contributed by atoms with E-state index in [1.807, 2.05) is 0 Å². The SMILES string of the molecule is C=CC1CCC(C2([C@H](C)CCC)CCCCC2)CC1. The van der Waals surface area contributed by atoms with E-state index in [9.17, 15) is 0 Å². The van der Waals surface area contributed by atoms with Gasteiger partial charge in [0.05, 0.1) is 0 Å². The molecule has 110 valence electrons. The Kier molecular flexibility index (Phi) is 5.54. The van der Waals surface area contributed by atoms with E-state index in [0.717, 1.165) is 17.8 Å². The lowest BCUT2D eigenvalue weighted by molar-refractivity contribution is 0.00290. The third kappa shape index (κ3) is 3.26. The van der Waals surface area contributed by atoms with E-state index >= 15 is 0 Å². The number of hydrogen-bond acceptors (Lipinski definition) is 0. The summed E-state index contributed by atoms with van der Waals surface area (Å²) < 4.78 is 0. The topological polar surface area (TPSA) is 0 Å². The summed E-state index contributed by atoms with van der Waals surface area (Å²) in [6, 6.07) is 0. The van der Waals surface area contributed by atoms with Crippen molar-refractivity contribution in [3.63, 3.8) is 0 Å². The van der Waals surface area contributed by atoms with Crippen LogP contribution in [0.15, 0.2) is 12.7 Å². The van der Waals surface area contributed by atoms with Gasteiger partial charge in [0, 0.05) is 0 Å². The highest BCUT2D eigenvalue weighted by Crippen LogP contribution is 2.54. The first-order valence-corrected chi connectivity index (χ1v) is 8.85. The molecule has 0 N–H and O–H groups in total. The summed E-state index contributed by atoms with van der Waals surface area (Å²) in [6.07, 6.45) is 18.3. The smallest absolute Gasteiger partial charge is 0.0236 e. The Morgan fingerprint density at radius 1 is 1.11 bits per heavy atom. The van der Waals surface area contributed by atoms with Crippen molar-refractivity contribution in [2.24, 2.45) is 23.2 Å². The molecule has 0 unspecified atom stereocenters. The van der Waals surface area contributed by atoms with Crippen molar-refractivity contribution in [2.45, 2.75) is 84.5 Å². The predicted molar refractivity (Wildman–Crippen MR) is 85.2 cm³/mol. The van der Waals surface area contributed by atoms with Gasteiger partial charge in [-0.05, 0) is 61.7 Å². The third-order valence-electron chi connectivity index (χ3n) is 6.41. The summed E-state index contributed by atoms with van der Waals surface area (Å²) in [5, 5.41) is 0. The molecular formula is C19H34. The number of allylic oxidation sites excluding steroid dienone is 1. The van der Waals surface area contributed by atoms with Crippen molar-refractivity contribution >= 4 is 0 Å². The minimum Gasteiger partial charge on any atom is -0.103 e. The van der Waals surface area contributed by atoms with Gasteiger partial charge in [0.25, 0.3) is 0 Å². The van der Waals surface area contributed by atoms with E-state index in [1.165, 1.54) is 70.6 Å². The van der Waals surface area contributed by atoms with Gasteiger partial charge in [-0.2, -0.15) is 0 Å². The van der Waals surface area contributed by atoms with Crippen LogP contribution < -0.4 is 0 Å². The Balaban J connectivity index is 2.07. The van der Waals surface area contributed by atoms with Gasteiger partial charge in [0.2, 0.25) is 0 Å². The monoisotopic (exact) mass is 262 g/mol. The summed E-state index contributed by atoms with van der Waals surface area (Å²) in [4.78, 5) is 0. The van der Waals surface area contributed by atoms with Crippen LogP contribution in [-0.2, 0) is 0 Å². The Morgan fingerprint density at radius 3 is 2.26 bits per heavy atom. The molecule has 0 amide bonds. The van der Waals surface area contributed by atoms with Crippen molar-refractivity contribution in [1.29, 1.82) is 0 Å². The minimum absolute atomic E-state index is 0.709. The summed E-state index contributed by atoms with van der Waals surface area (Å²) in [6.45, 7) is 8.93. The maximum atomic E-state index is 4.00. The highest BCUT2D eigenvalue weighted by atomic mass is 14.5. The highest BCUT2D eigenvalue weighted by Gasteiger charge is 2.44. The van der Waals surface area contributed by atoms with Crippen LogP contribution in [0.4, 0.5) is 0 Å². The van der Waals surface area contributed by atoms with E-state index in [2.05, 4.69) is 26.5 Å². The normalized spacial score (nSPS) is 32.7. The highest BCUT2D eigenvalue weighted by molar-refractivity contribution is 4.96. The first-order chi connectivity index (χ1) is 9.23. The zero-order valence-electron chi connectivity index (χ0n) is 13.3. The Bertz CT molecular complexity index is 264. The molecule has 2 saturated carbocycles. The molecule has 0 aromatic heterocycles. The second-order valence-electron chi connectivity index (χ2n) is 7.33. The van der Waals surface area contributed by atoms with Gasteiger partial charge in [-0.3, -0.25) is 0 Å². The lowest BCUT2D eigenvalue weighted by Crippen LogP contribution is -2.40. The van der Waals surface area contributed by atoms with E-state index in [1.54, 1.807) is 0 Å². The van der Waals surface area contributed by atoms with Crippen molar-refractivity contribution in [3.05, 3.63) is 12.7 Å². The van der Waals surface area contributed by atoms with Crippen LogP contribution in [0.3, 0.4) is 0 Å². The number of hydrogen-bond donors (Lipinski definition) is 0. The second kappa shape index (κ2) is 6.95. The lowest BCUT2D eigenvalue weighted by Gasteiger charge is -2.50. The van der Waals surface area contributed by atoms with Gasteiger partial charge in [-0.25, -0.2) is 0 Å². The molecule has 0 radical (unpaired) electrons. The van der Waals surface area contributed by atoms with Gasteiger partial charge in [0.15, 0.2) is 0 Å². The molecular weight excluding hydrogens is 228 g/mol. The molecule has 0 aliphatic heterocycles. The van der Waals surface area contributed by atoms with E-state index < -0.39 is 0 Å². The largest absolute Gasteiger partial charge is 0.103 e. The fourth-order valence-corrected chi connectivity index (χ4v) is 5.16. The molecule has 2 rings (SSSR count). The second-order valence-corrected chi connectivity index (χ2v) is 7.33. The maximum Gasteiger partial charge on any atom is -0.0236 e. The van der Waals surface area contributed by atoms with Gasteiger partial charge < -0.3 is 0 Å². The molecule has 2 fully saturated rings. The average Bonchev–Trinajstić information content (AvgIpc) is 2.48. The summed E-state index contributed by atoms with van der Waals surface area (Å²) in [5.74, 6) is 2.78. The number of rotatable bonds is 5. The molecule has 0 bridgehead atoms. The molecule has 0 aromatic rings. The van der Waals surface area contributed by atoms with E-state index in [4.69, 9.17) is 0 Å². The molecule has 0 heteroatoms. The molecule has 0 saturated heterocycles. The molecule has 0 aromatic carbocycles. The van der Waals surface area contributed by atoms with Crippen LogP contribution in [0.2, 0.25) is 0 Å². The maximum absolute atomic E-state index is 4.00. The van der Waals surface area contributed by atoms with Crippen LogP contribution in [0.1, 0.15) is 84.5 Å². The van der Waals surface area contributed by atoms with E-state index in [0.29, 0.717) is 5.41 Å². The zero-order chi connectivity index (χ0) is 13.7. The molecule has 0 nitrogen and oxygen atoms in total. The van der Waals surface area contributed by atoms with Gasteiger partial charge >= 0.3 is 0 Å². The molecule has 0 spiro atoms. The third-order valence-corrected chi connectivity index (χ3v) is 6.41. The van der Waals surface area contributed by atoms with Crippen molar-refractivity contribution in [2.75, 3.05) is 0 Å². The standard InChI is InChI=1S/C19H34/c1-4-9-16(3)19(14-7-6-8-15-19)18-12-10-17(5-2)11-13-18/h5,16-18H,2,4,6-15H2,1,3H3/t16-,17?,18?/m1/s1. The molecule has 2 aliphatic rings. The van der Waals surface area contributed by atoms with E-state index in [-0.39, 0.29) is 0 Å². The lowest BCUT2D eigenvalue weighted by atomic mass is 9.55. The molecule has 19 heavy (non-hydrogen) atoms. The quantitative estimate of drug-likeness (QED) is 0.505. The van der Waals surface area contributed by atoms with Gasteiger partial charge in [-0.15, -0.1) is 6.58 Å². The molecule has 0 heterocycles. The predicted octanol–water partition coefficient (Wildman–Crippen LogP) is 6.37. The van der Waals surface area contributed by atoms with Crippen LogP contribution in [0.5, 0.6) is 0 Å². The van der Waals surface area contributed by atoms with Gasteiger partial charge in [-0.1, -0.05) is 52.0 Å². The molecule has 2 aliphatic carbocycles. The van der Waals surface area contributed by atoms with Crippen LogP contribution in [0.25, 0.3) is 0 Å². The first kappa shape index (κ1) is 15.1. The fraction of sp³-hybridized carbons (Fsp3) is 0.895. The van der Waals surface area contributed by atoms with Gasteiger partial charge in [0.1, 0.15) is 0 Å². The average molecular weight is 262 g/mol. The Morgan fingerprint density at radius 2 is 1.74 bits per heavy atom. The Hall–Kier alpha value is -0.260.